The molecule has 0 heterocycles. The molecule has 1 aliphatic rings. The van der Waals surface area contributed by atoms with Crippen molar-refractivity contribution in [3.63, 3.8) is 0 Å². The molecule has 1 rings (SSSR count). The summed E-state index contributed by atoms with van der Waals surface area (Å²) in [6.07, 6.45) is -1.61. The zero-order valence-corrected chi connectivity index (χ0v) is 6.57. The van der Waals surface area contributed by atoms with Crippen LogP contribution in [-0.4, -0.2) is 34.1 Å². The van der Waals surface area contributed by atoms with E-state index < -0.39 is 12.2 Å². The quantitative estimate of drug-likeness (QED) is 0.452. The van der Waals surface area contributed by atoms with E-state index in [1.165, 1.54) is 0 Å². The van der Waals surface area contributed by atoms with Crippen molar-refractivity contribution in [2.24, 2.45) is 11.8 Å². The van der Waals surface area contributed by atoms with Crippen LogP contribution < -0.4 is 0 Å². The van der Waals surface area contributed by atoms with Crippen molar-refractivity contribution in [2.45, 2.75) is 19.1 Å². The summed E-state index contributed by atoms with van der Waals surface area (Å²) in [7, 11) is 0. The lowest BCUT2D eigenvalue weighted by atomic mass is 10.0. The third kappa shape index (κ3) is 1.20. The third-order valence-electron chi connectivity index (χ3n) is 2.53. The smallest absolute Gasteiger partial charge is 0.0892 e. The second-order valence-corrected chi connectivity index (χ2v) is 3.13. The van der Waals surface area contributed by atoms with Crippen LogP contribution in [0.25, 0.3) is 0 Å². The van der Waals surface area contributed by atoms with Crippen molar-refractivity contribution in [1.29, 1.82) is 0 Å². The molecule has 1 saturated carbocycles. The Balaban J connectivity index is 2.77. The van der Waals surface area contributed by atoms with Crippen molar-refractivity contribution < 1.29 is 15.3 Å². The molecular weight excluding hydrogens is 144 g/mol. The minimum absolute atomic E-state index is 0.109. The fraction of sp³-hybridized carbons (Fsp3) is 0.750. The van der Waals surface area contributed by atoms with Crippen molar-refractivity contribution >= 4 is 0 Å². The number of hydrogen-bond acceptors (Lipinski definition) is 3. The molecule has 0 aliphatic heterocycles. The summed E-state index contributed by atoms with van der Waals surface area (Å²) in [6.45, 7) is 5.37. The average Bonchev–Trinajstić information content (AvgIpc) is 2.17. The van der Waals surface area contributed by atoms with Crippen molar-refractivity contribution in [3.05, 3.63) is 12.2 Å². The van der Waals surface area contributed by atoms with E-state index in [2.05, 4.69) is 6.58 Å². The predicted molar refractivity (Wildman–Crippen MR) is 40.9 cm³/mol. The highest BCUT2D eigenvalue weighted by Crippen LogP contribution is 2.35. The molecule has 11 heavy (non-hydrogen) atoms. The molecule has 0 unspecified atom stereocenters. The van der Waals surface area contributed by atoms with Gasteiger partial charge in [0.15, 0.2) is 0 Å². The third-order valence-corrected chi connectivity index (χ3v) is 2.53. The summed E-state index contributed by atoms with van der Waals surface area (Å²) >= 11 is 0. The van der Waals surface area contributed by atoms with Crippen LogP contribution in [0.2, 0.25) is 0 Å². The van der Waals surface area contributed by atoms with Gasteiger partial charge < -0.3 is 15.3 Å². The molecular formula is C8H14O3. The van der Waals surface area contributed by atoms with E-state index in [-0.39, 0.29) is 18.4 Å². The van der Waals surface area contributed by atoms with Gasteiger partial charge in [0.2, 0.25) is 0 Å². The summed E-state index contributed by atoms with van der Waals surface area (Å²) in [5, 5.41) is 27.5. The van der Waals surface area contributed by atoms with Gasteiger partial charge in [-0.3, -0.25) is 0 Å². The minimum atomic E-state index is -0.845. The number of hydrogen-bond donors (Lipinski definition) is 3. The highest BCUT2D eigenvalue weighted by atomic mass is 16.3. The van der Waals surface area contributed by atoms with Gasteiger partial charge >= 0.3 is 0 Å². The zero-order valence-electron chi connectivity index (χ0n) is 6.57. The largest absolute Gasteiger partial charge is 0.396 e. The Labute approximate surface area is 66.0 Å². The second kappa shape index (κ2) is 2.93. The van der Waals surface area contributed by atoms with Gasteiger partial charge in [0.25, 0.3) is 0 Å². The van der Waals surface area contributed by atoms with Gasteiger partial charge in [0.05, 0.1) is 18.8 Å². The van der Waals surface area contributed by atoms with Gasteiger partial charge in [0.1, 0.15) is 0 Å². The van der Waals surface area contributed by atoms with Gasteiger partial charge in [-0.05, 0) is 0 Å². The second-order valence-electron chi connectivity index (χ2n) is 3.13. The summed E-state index contributed by atoms with van der Waals surface area (Å²) < 4.78 is 0. The molecule has 4 atom stereocenters. The van der Waals surface area contributed by atoms with Gasteiger partial charge in [0, 0.05) is 11.8 Å². The van der Waals surface area contributed by atoms with E-state index in [1.54, 1.807) is 6.92 Å². The Bertz CT molecular complexity index is 167. The fourth-order valence-corrected chi connectivity index (χ4v) is 1.54. The SMILES string of the molecule is C=C1[C@@H](C)[C@H](O)[C@H](O)[C@H]1CO. The Morgan fingerprint density at radius 2 is 1.91 bits per heavy atom. The van der Waals surface area contributed by atoms with Crippen LogP contribution in [0.5, 0.6) is 0 Å². The molecule has 0 bridgehead atoms. The number of aliphatic hydroxyl groups excluding tert-OH is 3. The van der Waals surface area contributed by atoms with E-state index >= 15 is 0 Å². The molecule has 1 aliphatic carbocycles. The van der Waals surface area contributed by atoms with Crippen LogP contribution in [0.15, 0.2) is 12.2 Å². The molecule has 0 aromatic rings. The first-order chi connectivity index (χ1) is 5.09. The van der Waals surface area contributed by atoms with E-state index in [4.69, 9.17) is 5.11 Å². The molecule has 0 aromatic carbocycles. The van der Waals surface area contributed by atoms with Crippen LogP contribution >= 0.6 is 0 Å². The molecule has 3 nitrogen and oxygen atoms in total. The molecule has 64 valence electrons. The summed E-state index contributed by atoms with van der Waals surface area (Å²) in [6, 6.07) is 0. The molecule has 0 radical (unpaired) electrons. The van der Waals surface area contributed by atoms with Gasteiger partial charge in [-0.1, -0.05) is 19.1 Å². The zero-order chi connectivity index (χ0) is 8.59. The Kier molecular flexibility index (Phi) is 2.32. The van der Waals surface area contributed by atoms with Crippen LogP contribution in [0.1, 0.15) is 6.92 Å². The summed E-state index contributed by atoms with van der Waals surface area (Å²) in [5.41, 5.74) is 0.743. The standard InChI is InChI=1S/C8H14O3/c1-4-5(2)7(10)8(11)6(4)3-9/h5-11H,1,3H2,2H3/t5-,6+,7+,8-/m1/s1. The summed E-state index contributed by atoms with van der Waals surface area (Å²) in [4.78, 5) is 0. The molecule has 0 aromatic heterocycles. The number of rotatable bonds is 1. The maximum atomic E-state index is 9.33. The topological polar surface area (TPSA) is 60.7 Å². The average molecular weight is 158 g/mol. The summed E-state index contributed by atoms with van der Waals surface area (Å²) in [5.74, 6) is -0.456. The maximum absolute atomic E-state index is 9.33. The lowest BCUT2D eigenvalue weighted by molar-refractivity contribution is -0.00322. The highest BCUT2D eigenvalue weighted by Gasteiger charge is 2.41. The molecule has 0 spiro atoms. The van der Waals surface area contributed by atoms with Gasteiger partial charge in [-0.25, -0.2) is 0 Å². The van der Waals surface area contributed by atoms with Crippen LogP contribution in [0.3, 0.4) is 0 Å². The van der Waals surface area contributed by atoms with E-state index in [1.807, 2.05) is 0 Å². The first-order valence-corrected chi connectivity index (χ1v) is 3.75. The van der Waals surface area contributed by atoms with Gasteiger partial charge in [-0.15, -0.1) is 0 Å². The van der Waals surface area contributed by atoms with E-state index in [0.29, 0.717) is 0 Å². The monoisotopic (exact) mass is 158 g/mol. The molecule has 3 N–H and O–H groups in total. The molecule has 1 fully saturated rings. The fourth-order valence-electron chi connectivity index (χ4n) is 1.54. The Morgan fingerprint density at radius 1 is 1.36 bits per heavy atom. The van der Waals surface area contributed by atoms with Gasteiger partial charge in [-0.2, -0.15) is 0 Å². The maximum Gasteiger partial charge on any atom is 0.0892 e. The Morgan fingerprint density at radius 3 is 2.09 bits per heavy atom. The molecule has 3 heteroatoms. The molecule has 0 amide bonds. The van der Waals surface area contributed by atoms with Crippen LogP contribution in [0, 0.1) is 11.8 Å². The van der Waals surface area contributed by atoms with E-state index in [0.717, 1.165) is 5.57 Å². The van der Waals surface area contributed by atoms with Crippen molar-refractivity contribution in [3.8, 4) is 0 Å². The number of aliphatic hydroxyl groups is 3. The molecule has 0 saturated heterocycles. The first-order valence-electron chi connectivity index (χ1n) is 3.75. The highest BCUT2D eigenvalue weighted by molar-refractivity contribution is 5.17. The Hall–Kier alpha value is -0.380. The van der Waals surface area contributed by atoms with Crippen molar-refractivity contribution in [2.75, 3.05) is 6.61 Å². The lowest BCUT2D eigenvalue weighted by Crippen LogP contribution is -2.28. The van der Waals surface area contributed by atoms with E-state index in [9.17, 15) is 10.2 Å². The van der Waals surface area contributed by atoms with Crippen LogP contribution in [-0.2, 0) is 0 Å². The lowest BCUT2D eigenvalue weighted by Gasteiger charge is -2.13. The van der Waals surface area contributed by atoms with Crippen molar-refractivity contribution in [1.82, 2.24) is 0 Å². The normalized spacial score (nSPS) is 44.9. The minimum Gasteiger partial charge on any atom is -0.396 e. The first kappa shape index (κ1) is 8.71. The predicted octanol–water partition coefficient (Wildman–Crippen LogP) is -0.477. The van der Waals surface area contributed by atoms with Crippen LogP contribution in [0.4, 0.5) is 0 Å².